The van der Waals surface area contributed by atoms with E-state index in [1.165, 1.54) is 4.90 Å². The van der Waals surface area contributed by atoms with Crippen LogP contribution in [0.4, 0.5) is 0 Å². The molecule has 0 aliphatic carbocycles. The quantitative estimate of drug-likeness (QED) is 0.822. The van der Waals surface area contributed by atoms with Gasteiger partial charge in [0.25, 0.3) is 11.8 Å². The number of rotatable bonds is 3. The molecule has 2 aromatic rings. The molecule has 2 aromatic carbocycles. The fourth-order valence-corrected chi connectivity index (χ4v) is 4.41. The smallest absolute Gasteiger partial charge is 0.328 e. The van der Waals surface area contributed by atoms with Gasteiger partial charge >= 0.3 is 5.97 Å². The van der Waals surface area contributed by atoms with E-state index in [0.717, 1.165) is 11.1 Å². The molecule has 0 aromatic heterocycles. The maximum atomic E-state index is 13.4. The van der Waals surface area contributed by atoms with Crippen molar-refractivity contribution in [2.45, 2.75) is 38.5 Å². The number of ether oxygens (including phenoxy) is 1. The Bertz CT molecular complexity index is 1010. The van der Waals surface area contributed by atoms with Crippen LogP contribution in [0.1, 0.15) is 44.7 Å². The molecule has 0 saturated carbocycles. The number of carbonyl (C=O) groups excluding carboxylic acids is 2. The topological polar surface area (TPSA) is 87.2 Å². The summed E-state index contributed by atoms with van der Waals surface area (Å²) in [6.07, 6.45) is 0.734. The second-order valence-corrected chi connectivity index (χ2v) is 8.31. The van der Waals surface area contributed by atoms with E-state index in [0.29, 0.717) is 37.1 Å². The molecule has 1 N–H and O–H groups in total. The largest absolute Gasteiger partial charge is 0.480 e. The molecule has 31 heavy (non-hydrogen) atoms. The van der Waals surface area contributed by atoms with Gasteiger partial charge in [-0.15, -0.1) is 0 Å². The molecule has 7 heteroatoms. The van der Waals surface area contributed by atoms with Gasteiger partial charge in [0, 0.05) is 37.1 Å². The van der Waals surface area contributed by atoms with Gasteiger partial charge in [-0.3, -0.25) is 14.5 Å². The number of aliphatic carboxylic acids is 1. The van der Waals surface area contributed by atoms with E-state index < -0.39 is 17.7 Å². The van der Waals surface area contributed by atoms with Crippen molar-refractivity contribution in [1.82, 2.24) is 9.80 Å². The SMILES string of the molecule is Cc1ccc(C(=O)N2CCC3(CC2)OC[C@H](C(=O)O)N3C(=O)c2cccc(C)c2)cc1. The molecule has 2 aliphatic rings. The van der Waals surface area contributed by atoms with Gasteiger partial charge in [0.05, 0.1) is 6.61 Å². The van der Waals surface area contributed by atoms with Crippen LogP contribution in [0.25, 0.3) is 0 Å². The van der Waals surface area contributed by atoms with Crippen molar-refractivity contribution in [1.29, 1.82) is 0 Å². The number of hydrogen-bond acceptors (Lipinski definition) is 4. The second-order valence-electron chi connectivity index (χ2n) is 8.31. The maximum absolute atomic E-state index is 13.4. The van der Waals surface area contributed by atoms with Gasteiger partial charge in [-0.1, -0.05) is 35.4 Å². The van der Waals surface area contributed by atoms with Gasteiger partial charge < -0.3 is 14.7 Å². The molecule has 0 bridgehead atoms. The lowest BCUT2D eigenvalue weighted by atomic mass is 9.96. The maximum Gasteiger partial charge on any atom is 0.328 e. The molecule has 4 rings (SSSR count). The number of carboxylic acids is 1. The molecule has 7 nitrogen and oxygen atoms in total. The predicted molar refractivity (Wildman–Crippen MR) is 114 cm³/mol. The third kappa shape index (κ3) is 3.93. The molecular formula is C24H26N2O5. The van der Waals surface area contributed by atoms with Crippen molar-refractivity contribution in [3.05, 3.63) is 70.8 Å². The molecule has 2 saturated heterocycles. The molecule has 0 radical (unpaired) electrons. The van der Waals surface area contributed by atoms with Gasteiger partial charge in [-0.05, 0) is 38.1 Å². The summed E-state index contributed by atoms with van der Waals surface area (Å²) >= 11 is 0. The zero-order valence-electron chi connectivity index (χ0n) is 17.7. The lowest BCUT2D eigenvalue weighted by Crippen LogP contribution is -2.58. The highest BCUT2D eigenvalue weighted by molar-refractivity contribution is 5.98. The van der Waals surface area contributed by atoms with Crippen molar-refractivity contribution < 1.29 is 24.2 Å². The van der Waals surface area contributed by atoms with Crippen LogP contribution in [0.5, 0.6) is 0 Å². The van der Waals surface area contributed by atoms with E-state index in [9.17, 15) is 19.5 Å². The zero-order chi connectivity index (χ0) is 22.2. The van der Waals surface area contributed by atoms with Crippen molar-refractivity contribution >= 4 is 17.8 Å². The van der Waals surface area contributed by atoms with Gasteiger partial charge in [0.15, 0.2) is 6.04 Å². The Hall–Kier alpha value is -3.19. The average molecular weight is 422 g/mol. The third-order valence-electron chi connectivity index (χ3n) is 6.16. The first-order valence-corrected chi connectivity index (χ1v) is 10.4. The van der Waals surface area contributed by atoms with E-state index in [2.05, 4.69) is 0 Å². The van der Waals surface area contributed by atoms with Crippen molar-refractivity contribution in [3.63, 3.8) is 0 Å². The number of likely N-dealkylation sites (tertiary alicyclic amines) is 1. The predicted octanol–water partition coefficient (Wildman–Crippen LogP) is 2.86. The number of amides is 2. The molecule has 1 spiro atoms. The Labute approximate surface area is 181 Å². The van der Waals surface area contributed by atoms with E-state index in [1.54, 1.807) is 23.1 Å². The van der Waals surface area contributed by atoms with Crippen molar-refractivity contribution in [2.75, 3.05) is 19.7 Å². The minimum Gasteiger partial charge on any atom is -0.480 e. The summed E-state index contributed by atoms with van der Waals surface area (Å²) in [5, 5.41) is 9.72. The number of hydrogen-bond donors (Lipinski definition) is 1. The van der Waals surface area contributed by atoms with E-state index >= 15 is 0 Å². The van der Waals surface area contributed by atoms with Crippen LogP contribution < -0.4 is 0 Å². The van der Waals surface area contributed by atoms with Gasteiger partial charge in [0.2, 0.25) is 0 Å². The summed E-state index contributed by atoms with van der Waals surface area (Å²) in [4.78, 5) is 41.2. The second kappa shape index (κ2) is 8.15. The van der Waals surface area contributed by atoms with Crippen molar-refractivity contribution in [3.8, 4) is 0 Å². The summed E-state index contributed by atoms with van der Waals surface area (Å²) in [6, 6.07) is 13.5. The van der Waals surface area contributed by atoms with Crippen LogP contribution in [0.2, 0.25) is 0 Å². The highest BCUT2D eigenvalue weighted by atomic mass is 16.5. The molecule has 1 atom stereocenters. The van der Waals surface area contributed by atoms with E-state index in [-0.39, 0.29) is 18.4 Å². The van der Waals surface area contributed by atoms with Crippen LogP contribution in [0.15, 0.2) is 48.5 Å². The summed E-state index contributed by atoms with van der Waals surface area (Å²) < 4.78 is 5.98. The first-order chi connectivity index (χ1) is 14.8. The zero-order valence-corrected chi connectivity index (χ0v) is 17.7. The molecule has 162 valence electrons. The Balaban J connectivity index is 1.56. The summed E-state index contributed by atoms with van der Waals surface area (Å²) in [5.41, 5.74) is 2.04. The van der Waals surface area contributed by atoms with Gasteiger partial charge in [-0.25, -0.2) is 4.79 Å². The minimum absolute atomic E-state index is 0.0567. The molecule has 2 aliphatic heterocycles. The van der Waals surface area contributed by atoms with Gasteiger partial charge in [-0.2, -0.15) is 0 Å². The lowest BCUT2D eigenvalue weighted by molar-refractivity contribution is -0.143. The normalized spacial score (nSPS) is 20.1. The summed E-state index contributed by atoms with van der Waals surface area (Å²) in [6.45, 7) is 4.57. The van der Waals surface area contributed by atoms with Crippen molar-refractivity contribution in [2.24, 2.45) is 0 Å². The minimum atomic E-state index is -1.09. The molecular weight excluding hydrogens is 396 g/mol. The molecule has 2 fully saturated rings. The molecule has 2 heterocycles. The fourth-order valence-electron chi connectivity index (χ4n) is 4.41. The third-order valence-corrected chi connectivity index (χ3v) is 6.16. The summed E-state index contributed by atoms with van der Waals surface area (Å²) in [7, 11) is 0. The first-order valence-electron chi connectivity index (χ1n) is 10.4. The van der Waals surface area contributed by atoms with Crippen LogP contribution in [0, 0.1) is 13.8 Å². The number of aryl methyl sites for hydroxylation is 2. The van der Waals surface area contributed by atoms with Gasteiger partial charge in [0.1, 0.15) is 5.72 Å². The highest BCUT2D eigenvalue weighted by Crippen LogP contribution is 2.38. The van der Waals surface area contributed by atoms with E-state index in [1.807, 2.05) is 44.2 Å². The van der Waals surface area contributed by atoms with Crippen LogP contribution >= 0.6 is 0 Å². The van der Waals surface area contributed by atoms with Crippen LogP contribution in [0.3, 0.4) is 0 Å². The lowest BCUT2D eigenvalue weighted by Gasteiger charge is -2.44. The number of nitrogens with zero attached hydrogens (tertiary/aromatic N) is 2. The molecule has 0 unspecified atom stereocenters. The molecule has 2 amide bonds. The standard InChI is InChI=1S/C24H26N2O5/c1-16-6-8-18(9-7-16)21(27)25-12-10-24(11-13-25)26(20(15-31-24)23(29)30)22(28)19-5-3-4-17(2)14-19/h3-9,14,20H,10-13,15H2,1-2H3,(H,29,30)/t20-/m1/s1. The highest BCUT2D eigenvalue weighted by Gasteiger charge is 2.54. The number of carbonyl (C=O) groups is 3. The number of benzene rings is 2. The summed E-state index contributed by atoms with van der Waals surface area (Å²) in [5.74, 6) is -1.51. The Morgan fingerprint density at radius 3 is 2.23 bits per heavy atom. The first kappa shape index (κ1) is 21.1. The Morgan fingerprint density at radius 2 is 1.61 bits per heavy atom. The average Bonchev–Trinajstić information content (AvgIpc) is 3.12. The number of piperidine rings is 1. The van der Waals surface area contributed by atoms with E-state index in [4.69, 9.17) is 4.74 Å². The fraction of sp³-hybridized carbons (Fsp3) is 0.375. The number of carboxylic acid groups (broad SMARTS) is 1. The monoisotopic (exact) mass is 422 g/mol. The Kier molecular flexibility index (Phi) is 5.54. The Morgan fingerprint density at radius 1 is 0.935 bits per heavy atom. The van der Waals surface area contributed by atoms with Crippen LogP contribution in [-0.2, 0) is 9.53 Å². The van der Waals surface area contributed by atoms with Crippen LogP contribution in [-0.4, -0.2) is 64.2 Å².